The summed E-state index contributed by atoms with van der Waals surface area (Å²) in [5.41, 5.74) is 1.35. The third kappa shape index (κ3) is 1.73. The monoisotopic (exact) mass is 310 g/mol. The first-order valence-corrected chi connectivity index (χ1v) is 8.97. The van der Waals surface area contributed by atoms with Crippen LogP contribution in [-0.4, -0.2) is 13.2 Å². The molecule has 0 amide bonds. The zero-order valence-electron chi connectivity index (χ0n) is 14.7. The Balaban J connectivity index is 1.84. The van der Waals surface area contributed by atoms with Crippen molar-refractivity contribution in [2.45, 2.75) is 58.6 Å². The zero-order valence-corrected chi connectivity index (χ0v) is 14.7. The molecule has 2 nitrogen and oxygen atoms in total. The van der Waals surface area contributed by atoms with Crippen LogP contribution < -0.4 is 0 Å². The van der Waals surface area contributed by atoms with Gasteiger partial charge in [0.15, 0.2) is 0 Å². The Bertz CT molecular complexity index is 626. The lowest BCUT2D eigenvalue weighted by Crippen LogP contribution is -2.50. The van der Waals surface area contributed by atoms with Gasteiger partial charge in [0.05, 0.1) is 6.10 Å². The molecular weight excluding hydrogens is 283 g/mol. The fourth-order valence-corrected chi connectivity index (χ4v) is 5.70. The summed E-state index contributed by atoms with van der Waals surface area (Å²) in [5.74, 6) is 0.573. The fourth-order valence-electron chi connectivity index (χ4n) is 5.70. The molecule has 1 aromatic carbocycles. The van der Waals surface area contributed by atoms with E-state index in [1.54, 1.807) is 0 Å². The molecule has 0 unspecified atom stereocenters. The van der Waals surface area contributed by atoms with E-state index in [1.165, 1.54) is 18.4 Å². The van der Waals surface area contributed by atoms with E-state index in [0.29, 0.717) is 5.92 Å². The van der Waals surface area contributed by atoms with Gasteiger partial charge in [-0.2, -0.15) is 0 Å². The average Bonchev–Trinajstić information content (AvgIpc) is 3.09. The van der Waals surface area contributed by atoms with E-state index < -0.39 is 0 Å². The van der Waals surface area contributed by atoms with Gasteiger partial charge in [0.1, 0.15) is 5.60 Å². The largest absolute Gasteiger partial charge is 0.461 e. The Morgan fingerprint density at radius 2 is 1.96 bits per heavy atom. The smallest absolute Gasteiger partial charge is 0.404 e. The normalized spacial score (nSPS) is 41.0. The molecule has 0 spiro atoms. The van der Waals surface area contributed by atoms with Crippen LogP contribution in [0.4, 0.5) is 0 Å². The van der Waals surface area contributed by atoms with Gasteiger partial charge in [-0.05, 0) is 36.7 Å². The Labute approximate surface area is 140 Å². The molecule has 2 saturated carbocycles. The first-order chi connectivity index (χ1) is 11.0. The topological polar surface area (TPSA) is 18.5 Å². The summed E-state index contributed by atoms with van der Waals surface area (Å²) in [6, 6.07) is 10.8. The molecule has 3 aliphatic rings. The molecule has 0 radical (unpaired) electrons. The summed E-state index contributed by atoms with van der Waals surface area (Å²) >= 11 is 0. The second-order valence-corrected chi connectivity index (χ2v) is 8.21. The summed E-state index contributed by atoms with van der Waals surface area (Å²) in [6.07, 6.45) is 7.72. The predicted octanol–water partition coefficient (Wildman–Crippen LogP) is 4.82. The maximum atomic E-state index is 6.76. The predicted molar refractivity (Wildman–Crippen MR) is 94.1 cm³/mol. The molecule has 1 saturated heterocycles. The molecule has 2 aliphatic carbocycles. The number of benzene rings is 1. The van der Waals surface area contributed by atoms with Crippen LogP contribution in [0.25, 0.3) is 0 Å². The minimum Gasteiger partial charge on any atom is -0.404 e. The van der Waals surface area contributed by atoms with E-state index in [2.05, 4.69) is 70.2 Å². The molecule has 1 heterocycles. The van der Waals surface area contributed by atoms with Gasteiger partial charge in [-0.25, -0.2) is 0 Å². The van der Waals surface area contributed by atoms with Crippen molar-refractivity contribution in [2.75, 3.05) is 0 Å². The number of rotatable bonds is 3. The molecule has 0 N–H and O–H groups in total. The third-order valence-electron chi connectivity index (χ3n) is 7.27. The molecular formula is C20H27BO2. The van der Waals surface area contributed by atoms with Crippen LogP contribution in [0.15, 0.2) is 42.5 Å². The second kappa shape index (κ2) is 4.97. The fraction of sp³-hybridized carbons (Fsp3) is 0.600. The van der Waals surface area contributed by atoms with E-state index in [1.807, 2.05) is 0 Å². The zero-order chi connectivity index (χ0) is 16.3. The highest BCUT2D eigenvalue weighted by molar-refractivity contribution is 6.46. The summed E-state index contributed by atoms with van der Waals surface area (Å²) in [6.45, 7) is 9.32. The number of hydrogen-bond acceptors (Lipinski definition) is 2. The van der Waals surface area contributed by atoms with Crippen LogP contribution in [0, 0.1) is 16.7 Å². The summed E-state index contributed by atoms with van der Waals surface area (Å²) in [5, 5.41) is 0. The standard InChI is InChI=1S/C20H27BO2/c1-5-6-14-21-22-17-16-12-13-19(4,18(16,2)3)20(17,23-21)15-10-8-7-9-11-15/h5-11,16-17H,12-14H2,1-4H3/b6-5-/t16-,17-,19-,20-/m0/s1. The van der Waals surface area contributed by atoms with Gasteiger partial charge in [0.2, 0.25) is 0 Å². The maximum Gasteiger partial charge on any atom is 0.461 e. The van der Waals surface area contributed by atoms with Gasteiger partial charge < -0.3 is 9.31 Å². The van der Waals surface area contributed by atoms with Crippen LogP contribution in [-0.2, 0) is 14.9 Å². The van der Waals surface area contributed by atoms with Crippen LogP contribution in [0.5, 0.6) is 0 Å². The second-order valence-electron chi connectivity index (χ2n) is 8.21. The first-order valence-electron chi connectivity index (χ1n) is 8.97. The molecule has 4 rings (SSSR count). The minimum absolute atomic E-state index is 0.112. The Morgan fingerprint density at radius 1 is 1.22 bits per heavy atom. The lowest BCUT2D eigenvalue weighted by atomic mass is 9.61. The van der Waals surface area contributed by atoms with Gasteiger partial charge in [0, 0.05) is 11.7 Å². The molecule has 3 fully saturated rings. The van der Waals surface area contributed by atoms with Crippen molar-refractivity contribution in [1.29, 1.82) is 0 Å². The van der Waals surface area contributed by atoms with Gasteiger partial charge >= 0.3 is 7.12 Å². The van der Waals surface area contributed by atoms with Crippen LogP contribution in [0.2, 0.25) is 6.32 Å². The maximum absolute atomic E-state index is 6.76. The van der Waals surface area contributed by atoms with Crippen LogP contribution in [0.3, 0.4) is 0 Å². The Kier molecular flexibility index (Phi) is 3.34. The molecule has 4 atom stereocenters. The van der Waals surface area contributed by atoms with Gasteiger partial charge in [-0.1, -0.05) is 63.3 Å². The van der Waals surface area contributed by atoms with Crippen molar-refractivity contribution in [3.05, 3.63) is 48.0 Å². The quantitative estimate of drug-likeness (QED) is 0.589. The molecule has 1 aliphatic heterocycles. The first kappa shape index (κ1) is 15.5. The molecule has 122 valence electrons. The van der Waals surface area contributed by atoms with Crippen molar-refractivity contribution < 1.29 is 9.31 Å². The SMILES string of the molecule is C/C=C\CB1O[C@H]2[C@@H]3CC[C@@](C)(C3(C)C)[C@@]2(c2ccccc2)O1. The highest BCUT2D eigenvalue weighted by atomic mass is 16.7. The Hall–Kier alpha value is -1.06. The summed E-state index contributed by atoms with van der Waals surface area (Å²) in [4.78, 5) is 0. The average molecular weight is 310 g/mol. The van der Waals surface area contributed by atoms with Crippen LogP contribution in [0.1, 0.15) is 46.1 Å². The molecule has 3 heteroatoms. The van der Waals surface area contributed by atoms with Crippen molar-refractivity contribution in [1.82, 2.24) is 0 Å². The van der Waals surface area contributed by atoms with E-state index >= 15 is 0 Å². The molecule has 2 bridgehead atoms. The van der Waals surface area contributed by atoms with Gasteiger partial charge in [0.25, 0.3) is 0 Å². The molecule has 0 aromatic heterocycles. The lowest BCUT2D eigenvalue weighted by Gasteiger charge is -2.48. The molecule has 1 aromatic rings. The van der Waals surface area contributed by atoms with Crippen molar-refractivity contribution >= 4 is 7.12 Å². The number of allylic oxidation sites excluding steroid dienone is 2. The van der Waals surface area contributed by atoms with E-state index in [-0.39, 0.29) is 29.7 Å². The number of hydrogen-bond donors (Lipinski definition) is 0. The van der Waals surface area contributed by atoms with Crippen LogP contribution >= 0.6 is 0 Å². The van der Waals surface area contributed by atoms with Crippen molar-refractivity contribution in [3.63, 3.8) is 0 Å². The summed E-state index contributed by atoms with van der Waals surface area (Å²) < 4.78 is 13.3. The minimum atomic E-state index is -0.299. The summed E-state index contributed by atoms with van der Waals surface area (Å²) in [7, 11) is -0.118. The Morgan fingerprint density at radius 3 is 2.65 bits per heavy atom. The van der Waals surface area contributed by atoms with Crippen molar-refractivity contribution in [3.8, 4) is 0 Å². The van der Waals surface area contributed by atoms with Gasteiger partial charge in [-0.15, -0.1) is 0 Å². The third-order valence-corrected chi connectivity index (χ3v) is 7.27. The highest BCUT2D eigenvalue weighted by Crippen LogP contribution is 2.76. The van der Waals surface area contributed by atoms with E-state index in [4.69, 9.17) is 9.31 Å². The van der Waals surface area contributed by atoms with Crippen molar-refractivity contribution in [2.24, 2.45) is 16.7 Å². The van der Waals surface area contributed by atoms with E-state index in [9.17, 15) is 0 Å². The lowest BCUT2D eigenvalue weighted by molar-refractivity contribution is -0.0804. The highest BCUT2D eigenvalue weighted by Gasteiger charge is 2.78. The number of fused-ring (bicyclic) bond motifs is 5. The van der Waals surface area contributed by atoms with Gasteiger partial charge in [-0.3, -0.25) is 0 Å². The molecule has 23 heavy (non-hydrogen) atoms. The van der Waals surface area contributed by atoms with E-state index in [0.717, 1.165) is 6.32 Å².